The molecule has 2 aliphatic carbocycles. The van der Waals surface area contributed by atoms with Gasteiger partial charge in [-0.05, 0) is 104 Å². The first-order chi connectivity index (χ1) is 22.2. The van der Waals surface area contributed by atoms with Gasteiger partial charge in [-0.2, -0.15) is 0 Å². The molecule has 0 radical (unpaired) electrons. The lowest BCUT2D eigenvalue weighted by atomic mass is 9.81. The predicted octanol–water partition coefficient (Wildman–Crippen LogP) is 5.16. The highest BCUT2D eigenvalue weighted by atomic mass is 19.1. The predicted molar refractivity (Wildman–Crippen MR) is 176 cm³/mol. The summed E-state index contributed by atoms with van der Waals surface area (Å²) in [5, 5.41) is 10.6. The number of carbonyl (C=O) groups excluding carboxylic acids is 2. The molecule has 5 aromatic rings. The summed E-state index contributed by atoms with van der Waals surface area (Å²) < 4.78 is 14.7. The summed E-state index contributed by atoms with van der Waals surface area (Å²) in [6.45, 7) is 2.69. The number of rotatable bonds is 9. The van der Waals surface area contributed by atoms with Gasteiger partial charge in [0.1, 0.15) is 23.1 Å². The lowest BCUT2D eigenvalue weighted by molar-refractivity contribution is -0.130. The Morgan fingerprint density at radius 3 is 2.48 bits per heavy atom. The third-order valence-electron chi connectivity index (χ3n) is 9.59. The molecular formula is C35H38FN7O3. The van der Waals surface area contributed by atoms with E-state index in [1.807, 2.05) is 24.3 Å². The van der Waals surface area contributed by atoms with Crippen molar-refractivity contribution in [2.75, 3.05) is 11.9 Å². The van der Waals surface area contributed by atoms with Crippen LogP contribution in [0.1, 0.15) is 61.4 Å². The number of benzene rings is 3. The van der Waals surface area contributed by atoms with Crippen LogP contribution in [-0.2, 0) is 16.0 Å². The van der Waals surface area contributed by atoms with Crippen LogP contribution in [0.15, 0.2) is 53.3 Å². The molecule has 10 nitrogen and oxygen atoms in total. The van der Waals surface area contributed by atoms with Gasteiger partial charge in [0, 0.05) is 23.9 Å². The minimum Gasteiger partial charge on any atom is -0.344 e. The number of imidazole rings is 1. The minimum atomic E-state index is -0.905. The molecule has 7 N–H and O–H groups in total. The number of amides is 2. The first-order valence-corrected chi connectivity index (χ1v) is 16.1. The fourth-order valence-corrected chi connectivity index (χ4v) is 6.69. The van der Waals surface area contributed by atoms with E-state index < -0.39 is 23.3 Å². The molecule has 238 valence electrons. The quantitative estimate of drug-likeness (QED) is 0.134. The standard InChI is InChI=1S/C35H38FN7O3/c1-18-12-27-28(40-32(39-27)22-10-11-22)16-25(18)21-6-2-19(3-7-21)13-30(41-33(44)23-8-4-20(17-37)5-9-23)34(45)38-24-14-26(36)31-29(15-24)42-43-35(31)46/h2-3,6-7,12,14-16,20,22-23,30H,4-5,8-11,13,17,37H2,1H3,(H,38,45)(H,39,40)(H,41,44)(H2,42,43,46)/t20-,23-,30-/m0/s1. The monoisotopic (exact) mass is 623 g/mol. The second-order valence-electron chi connectivity index (χ2n) is 12.9. The van der Waals surface area contributed by atoms with Crippen molar-refractivity contribution in [3.05, 3.63) is 81.7 Å². The zero-order valence-corrected chi connectivity index (χ0v) is 25.7. The fraction of sp³-hybridized carbons (Fsp3) is 0.371. The molecule has 2 heterocycles. The summed E-state index contributed by atoms with van der Waals surface area (Å²) in [4.78, 5) is 47.2. The Morgan fingerprint density at radius 1 is 1.00 bits per heavy atom. The lowest BCUT2D eigenvalue weighted by Gasteiger charge is -2.28. The van der Waals surface area contributed by atoms with E-state index in [1.165, 1.54) is 18.9 Å². The van der Waals surface area contributed by atoms with E-state index in [9.17, 15) is 18.8 Å². The highest BCUT2D eigenvalue weighted by Gasteiger charge is 2.30. The first-order valence-electron chi connectivity index (χ1n) is 16.1. The van der Waals surface area contributed by atoms with E-state index >= 15 is 0 Å². The SMILES string of the molecule is Cc1cc2[nH]c(C3CC3)nc2cc1-c1ccc(C[C@H](NC(=O)[C@H]2CC[C@H](CN)CC2)C(=O)Nc2cc(F)c3c(=O)[nH][nH]c3c2)cc1. The molecule has 0 bridgehead atoms. The Kier molecular flexibility index (Phi) is 7.94. The zero-order valence-electron chi connectivity index (χ0n) is 25.7. The van der Waals surface area contributed by atoms with E-state index in [0.717, 1.165) is 70.9 Å². The van der Waals surface area contributed by atoms with E-state index in [0.29, 0.717) is 18.4 Å². The molecule has 7 rings (SSSR count). The van der Waals surface area contributed by atoms with E-state index in [2.05, 4.69) is 44.9 Å². The van der Waals surface area contributed by atoms with E-state index in [-0.39, 0.29) is 34.8 Å². The molecule has 0 unspecified atom stereocenters. The highest BCUT2D eigenvalue weighted by molar-refractivity contribution is 5.99. The van der Waals surface area contributed by atoms with Gasteiger partial charge < -0.3 is 21.4 Å². The van der Waals surface area contributed by atoms with Crippen LogP contribution in [0.2, 0.25) is 0 Å². The number of halogens is 1. The number of hydrogen-bond acceptors (Lipinski definition) is 5. The maximum Gasteiger partial charge on any atom is 0.274 e. The average molecular weight is 624 g/mol. The van der Waals surface area contributed by atoms with Gasteiger partial charge in [0.2, 0.25) is 11.8 Å². The van der Waals surface area contributed by atoms with Crippen LogP contribution in [0.25, 0.3) is 33.1 Å². The van der Waals surface area contributed by atoms with Gasteiger partial charge in [0.05, 0.1) is 16.6 Å². The molecular weight excluding hydrogens is 585 g/mol. The van der Waals surface area contributed by atoms with Crippen molar-refractivity contribution in [2.24, 2.45) is 17.6 Å². The molecule has 46 heavy (non-hydrogen) atoms. The lowest BCUT2D eigenvalue weighted by Crippen LogP contribution is -2.48. The summed E-state index contributed by atoms with van der Waals surface area (Å²) in [7, 11) is 0. The third-order valence-corrected chi connectivity index (χ3v) is 9.59. The topological polar surface area (TPSA) is 162 Å². The van der Waals surface area contributed by atoms with E-state index in [1.54, 1.807) is 0 Å². The summed E-state index contributed by atoms with van der Waals surface area (Å²) in [5.41, 5.74) is 11.8. The van der Waals surface area contributed by atoms with Crippen molar-refractivity contribution < 1.29 is 14.0 Å². The second kappa shape index (κ2) is 12.2. The molecule has 2 fully saturated rings. The summed E-state index contributed by atoms with van der Waals surface area (Å²) in [5.74, 6) is 0.429. The molecule has 2 amide bonds. The smallest absolute Gasteiger partial charge is 0.274 e. The van der Waals surface area contributed by atoms with Crippen LogP contribution in [0.5, 0.6) is 0 Å². The Morgan fingerprint density at radius 2 is 1.76 bits per heavy atom. The normalized spacial score (nSPS) is 18.9. The largest absolute Gasteiger partial charge is 0.344 e. The number of aromatic amines is 3. The number of nitrogens with two attached hydrogens (primary N) is 1. The van der Waals surface area contributed by atoms with Gasteiger partial charge in [-0.3, -0.25) is 24.6 Å². The van der Waals surface area contributed by atoms with Gasteiger partial charge in [-0.1, -0.05) is 24.3 Å². The summed E-state index contributed by atoms with van der Waals surface area (Å²) >= 11 is 0. The van der Waals surface area contributed by atoms with Crippen LogP contribution in [-0.4, -0.2) is 44.6 Å². The van der Waals surface area contributed by atoms with Crippen molar-refractivity contribution in [3.63, 3.8) is 0 Å². The van der Waals surface area contributed by atoms with Gasteiger partial charge in [0.25, 0.3) is 5.56 Å². The highest BCUT2D eigenvalue weighted by Crippen LogP contribution is 2.39. The van der Waals surface area contributed by atoms with Crippen molar-refractivity contribution in [2.45, 2.75) is 63.8 Å². The summed E-state index contributed by atoms with van der Waals surface area (Å²) in [6.07, 6.45) is 5.81. The van der Waals surface area contributed by atoms with Gasteiger partial charge in [0.15, 0.2) is 0 Å². The first kappa shape index (κ1) is 29.9. The molecule has 0 saturated heterocycles. The number of aromatic nitrogens is 4. The number of carbonyl (C=O) groups is 2. The zero-order chi connectivity index (χ0) is 31.9. The van der Waals surface area contributed by atoms with Crippen molar-refractivity contribution in [3.8, 4) is 11.1 Å². The summed E-state index contributed by atoms with van der Waals surface area (Å²) in [6, 6.07) is 13.9. The molecule has 1 atom stereocenters. The van der Waals surface area contributed by atoms with Crippen LogP contribution in [0.3, 0.4) is 0 Å². The van der Waals surface area contributed by atoms with Crippen LogP contribution in [0.4, 0.5) is 10.1 Å². The molecule has 11 heteroatoms. The maximum absolute atomic E-state index is 14.7. The van der Waals surface area contributed by atoms with Crippen LogP contribution in [0, 0.1) is 24.6 Å². The average Bonchev–Trinajstić information content (AvgIpc) is 3.72. The Balaban J connectivity index is 1.11. The van der Waals surface area contributed by atoms with Gasteiger partial charge in [-0.15, -0.1) is 0 Å². The number of aryl methyl sites for hydroxylation is 1. The number of nitrogens with zero attached hydrogens (tertiary/aromatic N) is 1. The van der Waals surface area contributed by atoms with Crippen LogP contribution < -0.4 is 21.9 Å². The molecule has 2 saturated carbocycles. The molecule has 2 aliphatic rings. The maximum atomic E-state index is 14.7. The number of fused-ring (bicyclic) bond motifs is 2. The van der Waals surface area contributed by atoms with Gasteiger partial charge in [-0.25, -0.2) is 9.37 Å². The number of anilines is 1. The van der Waals surface area contributed by atoms with Crippen molar-refractivity contribution in [1.29, 1.82) is 0 Å². The number of H-pyrrole nitrogens is 3. The Bertz CT molecular complexity index is 1980. The second-order valence-corrected chi connectivity index (χ2v) is 12.9. The van der Waals surface area contributed by atoms with E-state index in [4.69, 9.17) is 10.7 Å². The Hall–Kier alpha value is -4.77. The Labute approximate surface area is 264 Å². The number of nitrogens with one attached hydrogen (secondary N) is 5. The molecule has 0 aliphatic heterocycles. The van der Waals surface area contributed by atoms with Crippen molar-refractivity contribution in [1.82, 2.24) is 25.5 Å². The number of hydrogen-bond donors (Lipinski definition) is 6. The fourth-order valence-electron chi connectivity index (χ4n) is 6.69. The molecule has 3 aromatic carbocycles. The molecule has 0 spiro atoms. The van der Waals surface area contributed by atoms with Gasteiger partial charge >= 0.3 is 0 Å². The van der Waals surface area contributed by atoms with Crippen molar-refractivity contribution >= 4 is 39.4 Å². The minimum absolute atomic E-state index is 0.110. The molecule has 2 aromatic heterocycles. The van der Waals surface area contributed by atoms with Crippen LogP contribution >= 0.6 is 0 Å². The third kappa shape index (κ3) is 6.06.